The van der Waals surface area contributed by atoms with Gasteiger partial charge in [0.05, 0.1) is 11.3 Å². The van der Waals surface area contributed by atoms with Crippen LogP contribution >= 0.6 is 31.9 Å². The summed E-state index contributed by atoms with van der Waals surface area (Å²) in [5.41, 5.74) is 8.54. The highest BCUT2D eigenvalue weighted by Gasteiger charge is 2.11. The number of aromatic nitrogens is 1. The monoisotopic (exact) mass is 377 g/mol. The lowest BCUT2D eigenvalue weighted by Gasteiger charge is -2.08. The van der Waals surface area contributed by atoms with Crippen molar-refractivity contribution in [2.45, 2.75) is 0 Å². The molecule has 0 radical (unpaired) electrons. The summed E-state index contributed by atoms with van der Waals surface area (Å²) in [5, 5.41) is 9.32. The summed E-state index contributed by atoms with van der Waals surface area (Å²) >= 11 is 6.84. The van der Waals surface area contributed by atoms with Crippen molar-refractivity contribution >= 4 is 43.1 Å². The quantitative estimate of drug-likeness (QED) is 0.804. The fraction of sp³-hybridized carbons (Fsp3) is 0. The molecule has 0 fully saturated rings. The second-order valence-electron chi connectivity index (χ2n) is 3.76. The van der Waals surface area contributed by atoms with Gasteiger partial charge < -0.3 is 5.73 Å². The number of halogens is 2. The van der Waals surface area contributed by atoms with Gasteiger partial charge in [0.25, 0.3) is 0 Å². The molecule has 19 heavy (non-hydrogen) atoms. The smallest absolute Gasteiger partial charge is 0.102 e. The van der Waals surface area contributed by atoms with E-state index in [4.69, 9.17) is 5.73 Å². The Morgan fingerprint density at radius 2 is 1.84 bits per heavy atom. The van der Waals surface area contributed by atoms with Crippen LogP contribution in [0, 0.1) is 11.3 Å². The molecule has 0 aliphatic rings. The van der Waals surface area contributed by atoms with Gasteiger partial charge in [0.1, 0.15) is 6.07 Å². The molecule has 0 aliphatic carbocycles. The molecule has 0 unspecified atom stereocenters. The maximum absolute atomic E-state index is 9.32. The van der Waals surface area contributed by atoms with Crippen LogP contribution in [0.1, 0.15) is 11.1 Å². The molecule has 1 aromatic heterocycles. The first-order valence-corrected chi connectivity index (χ1v) is 6.97. The number of nitrogens with zero attached hydrogens (tertiary/aromatic N) is 2. The van der Waals surface area contributed by atoms with Crippen molar-refractivity contribution in [1.29, 1.82) is 5.26 Å². The molecule has 0 aliphatic heterocycles. The number of nitrogens with two attached hydrogens (primary N) is 1. The Hall–Kier alpha value is -1.64. The van der Waals surface area contributed by atoms with E-state index in [-0.39, 0.29) is 0 Å². The largest absolute Gasteiger partial charge is 0.397 e. The van der Waals surface area contributed by atoms with Crippen molar-refractivity contribution in [3.63, 3.8) is 0 Å². The van der Waals surface area contributed by atoms with E-state index < -0.39 is 0 Å². The third-order valence-electron chi connectivity index (χ3n) is 2.57. The number of nitriles is 1. The maximum atomic E-state index is 9.32. The summed E-state index contributed by atoms with van der Waals surface area (Å²) in [4.78, 5) is 3.94. The average molecular weight is 379 g/mol. The van der Waals surface area contributed by atoms with Gasteiger partial charge in [0.15, 0.2) is 0 Å². The Balaban J connectivity index is 2.59. The van der Waals surface area contributed by atoms with E-state index in [1.807, 2.05) is 18.2 Å². The van der Waals surface area contributed by atoms with Crippen LogP contribution < -0.4 is 5.73 Å². The van der Waals surface area contributed by atoms with Crippen molar-refractivity contribution in [2.24, 2.45) is 5.73 Å². The van der Waals surface area contributed by atoms with Crippen molar-refractivity contribution in [2.75, 3.05) is 0 Å². The number of hydrogen-bond acceptors (Lipinski definition) is 3. The molecule has 1 heterocycles. The highest BCUT2D eigenvalue weighted by molar-refractivity contribution is 9.11. The lowest BCUT2D eigenvalue weighted by molar-refractivity contribution is 1.31. The average Bonchev–Trinajstić information content (AvgIpc) is 2.40. The molecule has 0 bridgehead atoms. The predicted molar refractivity (Wildman–Crippen MR) is 82.7 cm³/mol. The van der Waals surface area contributed by atoms with Crippen LogP contribution in [0.15, 0.2) is 51.7 Å². The molecule has 3 nitrogen and oxygen atoms in total. The summed E-state index contributed by atoms with van der Waals surface area (Å²) in [6.07, 6.45) is 3.27. The first-order valence-electron chi connectivity index (χ1n) is 5.39. The van der Waals surface area contributed by atoms with Crippen LogP contribution in [0.3, 0.4) is 0 Å². The Kier molecular flexibility index (Phi) is 4.35. The molecule has 5 heteroatoms. The van der Waals surface area contributed by atoms with Gasteiger partial charge in [-0.15, -0.1) is 0 Å². The topological polar surface area (TPSA) is 62.7 Å². The van der Waals surface area contributed by atoms with Gasteiger partial charge in [0.2, 0.25) is 0 Å². The Morgan fingerprint density at radius 3 is 2.42 bits per heavy atom. The predicted octanol–water partition coefficient (Wildman–Crippen LogP) is 3.96. The second kappa shape index (κ2) is 6.00. The molecule has 1 aromatic carbocycles. The van der Waals surface area contributed by atoms with Gasteiger partial charge in [-0.1, -0.05) is 37.9 Å². The minimum Gasteiger partial charge on any atom is -0.397 e. The van der Waals surface area contributed by atoms with E-state index in [9.17, 15) is 5.26 Å². The van der Waals surface area contributed by atoms with Gasteiger partial charge in [-0.3, -0.25) is 4.98 Å². The van der Waals surface area contributed by atoms with E-state index in [1.54, 1.807) is 24.5 Å². The van der Waals surface area contributed by atoms with Crippen LogP contribution in [-0.2, 0) is 0 Å². The summed E-state index contributed by atoms with van der Waals surface area (Å²) < 4.78 is 1.78. The lowest BCUT2D eigenvalue weighted by atomic mass is 10.0. The van der Waals surface area contributed by atoms with Crippen LogP contribution in [0.25, 0.3) is 11.3 Å². The zero-order valence-electron chi connectivity index (χ0n) is 9.77. The second-order valence-corrected chi connectivity index (χ2v) is 5.53. The zero-order chi connectivity index (χ0) is 13.8. The molecule has 2 N–H and O–H groups in total. The molecular formula is C14H9Br2N3. The third-order valence-corrected chi connectivity index (χ3v) is 3.72. The summed E-state index contributed by atoms with van der Waals surface area (Å²) in [7, 11) is 0. The molecule has 0 spiro atoms. The van der Waals surface area contributed by atoms with Gasteiger partial charge in [-0.25, -0.2) is 0 Å². The number of benzene rings is 1. The lowest BCUT2D eigenvalue weighted by Crippen LogP contribution is -2.01. The highest BCUT2D eigenvalue weighted by Crippen LogP contribution is 2.29. The molecule has 0 saturated carbocycles. The van der Waals surface area contributed by atoms with Crippen molar-refractivity contribution in [3.8, 4) is 6.07 Å². The van der Waals surface area contributed by atoms with Crippen LogP contribution in [-0.4, -0.2) is 4.98 Å². The Bertz CT molecular complexity index is 673. The standard InChI is InChI=1S/C14H9Br2N3/c15-10-1-2-11(13(16)7-10)14(18)12(8-17)9-3-5-19-6-4-9/h1-7H,18H2/b14-12-. The van der Waals surface area contributed by atoms with Gasteiger partial charge >= 0.3 is 0 Å². The number of allylic oxidation sites excluding steroid dienone is 1. The molecular weight excluding hydrogens is 370 g/mol. The first-order chi connectivity index (χ1) is 9.13. The van der Waals surface area contributed by atoms with Crippen molar-refractivity contribution in [3.05, 3.63) is 62.8 Å². The van der Waals surface area contributed by atoms with Crippen LogP contribution in [0.5, 0.6) is 0 Å². The minimum absolute atomic E-state index is 0.436. The molecule has 0 saturated heterocycles. The molecule has 2 aromatic rings. The van der Waals surface area contributed by atoms with E-state index in [1.165, 1.54) is 0 Å². The third kappa shape index (κ3) is 3.03. The van der Waals surface area contributed by atoms with E-state index in [2.05, 4.69) is 42.9 Å². The molecule has 0 atom stereocenters. The Morgan fingerprint density at radius 1 is 1.16 bits per heavy atom. The zero-order valence-corrected chi connectivity index (χ0v) is 12.9. The summed E-state index contributed by atoms with van der Waals surface area (Å²) in [6.45, 7) is 0. The van der Waals surface area contributed by atoms with Crippen molar-refractivity contribution in [1.82, 2.24) is 4.98 Å². The first kappa shape index (κ1) is 13.8. The normalized spacial score (nSPS) is 11.6. The summed E-state index contributed by atoms with van der Waals surface area (Å²) in [6, 6.07) is 11.3. The highest BCUT2D eigenvalue weighted by atomic mass is 79.9. The SMILES string of the molecule is N#C/C(=C(/N)c1ccc(Br)cc1Br)c1ccncc1. The van der Waals surface area contributed by atoms with Crippen LogP contribution in [0.2, 0.25) is 0 Å². The number of rotatable bonds is 2. The van der Waals surface area contributed by atoms with E-state index in [0.717, 1.165) is 20.1 Å². The Labute approximate surface area is 128 Å². The van der Waals surface area contributed by atoms with Gasteiger partial charge in [0, 0.05) is 26.9 Å². The fourth-order valence-electron chi connectivity index (χ4n) is 1.64. The van der Waals surface area contributed by atoms with Gasteiger partial charge in [-0.2, -0.15) is 5.26 Å². The number of hydrogen-bond donors (Lipinski definition) is 1. The number of pyridine rings is 1. The van der Waals surface area contributed by atoms with Gasteiger partial charge in [-0.05, 0) is 29.8 Å². The molecule has 94 valence electrons. The van der Waals surface area contributed by atoms with Crippen molar-refractivity contribution < 1.29 is 0 Å². The minimum atomic E-state index is 0.436. The van der Waals surface area contributed by atoms with E-state index >= 15 is 0 Å². The fourth-order valence-corrected chi connectivity index (χ4v) is 2.90. The maximum Gasteiger partial charge on any atom is 0.102 e. The van der Waals surface area contributed by atoms with Crippen LogP contribution in [0.4, 0.5) is 0 Å². The molecule has 2 rings (SSSR count). The summed E-state index contributed by atoms with van der Waals surface area (Å²) in [5.74, 6) is 0. The van der Waals surface area contributed by atoms with E-state index in [0.29, 0.717) is 11.3 Å². The molecule has 0 amide bonds.